The molecular formula is C32H42N4O3. The number of hydrogen-bond acceptors (Lipinski definition) is 5. The number of nitrogens with zero attached hydrogens (tertiary/aromatic N) is 3. The molecule has 0 radical (unpaired) electrons. The average Bonchev–Trinajstić information content (AvgIpc) is 3.46. The fraction of sp³-hybridized carbons (Fsp3) is 0.500. The molecule has 2 aromatic carbocycles. The van der Waals surface area contributed by atoms with Crippen molar-refractivity contribution in [2.75, 3.05) is 52.4 Å². The molecule has 2 atom stereocenters. The minimum absolute atomic E-state index is 0.120. The molecule has 39 heavy (non-hydrogen) atoms. The number of likely N-dealkylation sites (tertiary alicyclic amines) is 1. The van der Waals surface area contributed by atoms with E-state index in [1.54, 1.807) is 0 Å². The zero-order valence-corrected chi connectivity index (χ0v) is 23.0. The van der Waals surface area contributed by atoms with Gasteiger partial charge in [-0.3, -0.25) is 14.5 Å². The molecule has 0 unspecified atom stereocenters. The fourth-order valence-electron chi connectivity index (χ4n) is 6.08. The van der Waals surface area contributed by atoms with Crippen LogP contribution in [-0.2, 0) is 22.7 Å². The lowest BCUT2D eigenvalue weighted by Crippen LogP contribution is -2.47. The van der Waals surface area contributed by atoms with E-state index in [0.29, 0.717) is 52.3 Å². The summed E-state index contributed by atoms with van der Waals surface area (Å²) in [5.41, 5.74) is 2.26. The molecule has 7 nitrogen and oxygen atoms in total. The molecule has 0 aromatic heterocycles. The van der Waals surface area contributed by atoms with Gasteiger partial charge in [0, 0.05) is 51.3 Å². The molecule has 3 aliphatic heterocycles. The summed E-state index contributed by atoms with van der Waals surface area (Å²) < 4.78 is 6.19. The molecule has 7 heteroatoms. The largest absolute Gasteiger partial charge is 0.489 e. The normalized spacial score (nSPS) is 22.8. The molecule has 1 N–H and O–H groups in total. The maximum absolute atomic E-state index is 13.6. The molecule has 0 saturated carbocycles. The Bertz CT molecular complexity index is 1120. The monoisotopic (exact) mass is 530 g/mol. The van der Waals surface area contributed by atoms with E-state index in [0.717, 1.165) is 37.4 Å². The Morgan fingerprint density at radius 1 is 0.949 bits per heavy atom. The van der Waals surface area contributed by atoms with Gasteiger partial charge >= 0.3 is 0 Å². The molecule has 5 rings (SSSR count). The zero-order valence-electron chi connectivity index (χ0n) is 23.0. The first-order valence-corrected chi connectivity index (χ1v) is 14.5. The van der Waals surface area contributed by atoms with Crippen molar-refractivity contribution >= 4 is 11.8 Å². The van der Waals surface area contributed by atoms with Crippen molar-refractivity contribution in [3.05, 3.63) is 77.9 Å². The van der Waals surface area contributed by atoms with Crippen LogP contribution in [0, 0.1) is 11.8 Å². The second-order valence-electron chi connectivity index (χ2n) is 11.1. The number of carbonyl (C=O) groups is 2. The number of piperidine rings is 1. The first kappa shape index (κ1) is 27.4. The topological polar surface area (TPSA) is 65.1 Å². The molecule has 208 valence electrons. The maximum atomic E-state index is 13.6. The van der Waals surface area contributed by atoms with E-state index in [1.807, 2.05) is 41.3 Å². The van der Waals surface area contributed by atoms with Gasteiger partial charge in [-0.2, -0.15) is 0 Å². The number of para-hydroxylation sites is 1. The summed E-state index contributed by atoms with van der Waals surface area (Å²) in [5.74, 6) is 1.47. The summed E-state index contributed by atoms with van der Waals surface area (Å²) in [6, 6.07) is 18.4. The van der Waals surface area contributed by atoms with Gasteiger partial charge < -0.3 is 19.9 Å². The molecule has 2 amide bonds. The van der Waals surface area contributed by atoms with Crippen LogP contribution in [0.15, 0.2) is 66.7 Å². The van der Waals surface area contributed by atoms with Crippen LogP contribution in [0.25, 0.3) is 0 Å². The van der Waals surface area contributed by atoms with Crippen molar-refractivity contribution in [1.29, 1.82) is 0 Å². The van der Waals surface area contributed by atoms with E-state index in [9.17, 15) is 9.59 Å². The van der Waals surface area contributed by atoms with E-state index in [2.05, 4.69) is 45.5 Å². The van der Waals surface area contributed by atoms with Crippen LogP contribution in [0.1, 0.15) is 36.8 Å². The van der Waals surface area contributed by atoms with Gasteiger partial charge in [0.25, 0.3) is 0 Å². The van der Waals surface area contributed by atoms with Gasteiger partial charge in [-0.05, 0) is 55.8 Å². The Balaban J connectivity index is 1.26. The van der Waals surface area contributed by atoms with Crippen molar-refractivity contribution in [2.24, 2.45) is 11.8 Å². The number of rotatable bonds is 7. The first-order valence-electron chi connectivity index (χ1n) is 14.5. The Morgan fingerprint density at radius 2 is 1.74 bits per heavy atom. The molecular weight excluding hydrogens is 488 g/mol. The van der Waals surface area contributed by atoms with E-state index in [-0.39, 0.29) is 23.7 Å². The highest BCUT2D eigenvalue weighted by Crippen LogP contribution is 2.29. The molecule has 0 spiro atoms. The van der Waals surface area contributed by atoms with Gasteiger partial charge in [0.15, 0.2) is 0 Å². The van der Waals surface area contributed by atoms with Crippen molar-refractivity contribution in [1.82, 2.24) is 20.0 Å². The second kappa shape index (κ2) is 13.8. The van der Waals surface area contributed by atoms with Gasteiger partial charge in [0.05, 0.1) is 6.54 Å². The van der Waals surface area contributed by atoms with Crippen molar-refractivity contribution < 1.29 is 14.3 Å². The molecule has 2 saturated heterocycles. The second-order valence-corrected chi connectivity index (χ2v) is 11.1. The highest BCUT2D eigenvalue weighted by atomic mass is 16.5. The number of fused-ring (bicyclic) bond motifs is 3. The van der Waals surface area contributed by atoms with E-state index >= 15 is 0 Å². The minimum atomic E-state index is 0.120. The van der Waals surface area contributed by atoms with E-state index < -0.39 is 0 Å². The molecule has 3 aliphatic rings. The smallest absolute Gasteiger partial charge is 0.236 e. The summed E-state index contributed by atoms with van der Waals surface area (Å²) in [6.07, 6.45) is 8.09. The molecule has 2 bridgehead atoms. The lowest BCUT2D eigenvalue weighted by molar-refractivity contribution is -0.135. The maximum Gasteiger partial charge on any atom is 0.236 e. The number of hydrogen-bond donors (Lipinski definition) is 1. The average molecular weight is 531 g/mol. The highest BCUT2D eigenvalue weighted by molar-refractivity contribution is 5.79. The SMILES string of the molecule is O=C(C[C@@H]1CCN2C[C@@H]1C=CCOc1ccccc1CN(Cc1ccccc1)CC2=O)NCCN1CCCC1. The molecule has 3 heterocycles. The third kappa shape index (κ3) is 7.93. The van der Waals surface area contributed by atoms with E-state index in [4.69, 9.17) is 4.74 Å². The highest BCUT2D eigenvalue weighted by Gasteiger charge is 2.32. The van der Waals surface area contributed by atoms with Crippen LogP contribution >= 0.6 is 0 Å². The standard InChI is InChI=1S/C32H42N4O3/c37-31(33-15-19-34-16-6-7-17-34)21-27-14-18-36-24-28(27)12-8-20-39-30-13-5-4-11-29(30)23-35(25-32(36)38)22-26-9-2-1-3-10-26/h1-5,8-13,27-28H,6-7,14-25H2,(H,33,37)/t27-,28-/m0/s1. The summed E-state index contributed by atoms with van der Waals surface area (Å²) >= 11 is 0. The number of carbonyl (C=O) groups excluding carboxylic acids is 2. The summed E-state index contributed by atoms with van der Waals surface area (Å²) in [6.45, 7) is 7.41. The number of nitrogens with one attached hydrogen (secondary N) is 1. The molecule has 2 aromatic rings. The lowest BCUT2D eigenvalue weighted by Gasteiger charge is -2.38. The summed E-state index contributed by atoms with van der Waals surface area (Å²) in [7, 11) is 0. The Morgan fingerprint density at radius 3 is 2.59 bits per heavy atom. The predicted molar refractivity (Wildman–Crippen MR) is 153 cm³/mol. The Hall–Kier alpha value is -3.16. The lowest BCUT2D eigenvalue weighted by atomic mass is 9.82. The zero-order chi connectivity index (χ0) is 26.9. The minimum Gasteiger partial charge on any atom is -0.489 e. The van der Waals surface area contributed by atoms with Crippen molar-refractivity contribution in [2.45, 2.75) is 38.8 Å². The predicted octanol–water partition coefficient (Wildman–Crippen LogP) is 3.70. The fourth-order valence-corrected chi connectivity index (χ4v) is 6.08. The van der Waals surface area contributed by atoms with Gasteiger partial charge in [0.2, 0.25) is 11.8 Å². The van der Waals surface area contributed by atoms with E-state index in [1.165, 1.54) is 18.4 Å². The Labute approximate surface area is 232 Å². The van der Waals surface area contributed by atoms with Crippen LogP contribution in [0.3, 0.4) is 0 Å². The first-order chi connectivity index (χ1) is 19.1. The summed E-state index contributed by atoms with van der Waals surface area (Å²) in [4.78, 5) is 33.0. The van der Waals surface area contributed by atoms with Crippen LogP contribution in [0.2, 0.25) is 0 Å². The summed E-state index contributed by atoms with van der Waals surface area (Å²) in [5, 5.41) is 3.14. The molecule has 0 aliphatic carbocycles. The third-order valence-corrected chi connectivity index (χ3v) is 8.25. The van der Waals surface area contributed by atoms with Gasteiger partial charge in [0.1, 0.15) is 12.4 Å². The van der Waals surface area contributed by atoms with Crippen LogP contribution in [-0.4, -0.2) is 78.9 Å². The quantitative estimate of drug-likeness (QED) is 0.553. The third-order valence-electron chi connectivity index (χ3n) is 8.25. The van der Waals surface area contributed by atoms with Gasteiger partial charge in [-0.15, -0.1) is 0 Å². The number of benzene rings is 2. The van der Waals surface area contributed by atoms with Gasteiger partial charge in [-0.1, -0.05) is 60.7 Å². The van der Waals surface area contributed by atoms with Crippen LogP contribution < -0.4 is 10.1 Å². The van der Waals surface area contributed by atoms with Crippen molar-refractivity contribution in [3.8, 4) is 5.75 Å². The number of ether oxygens (including phenoxy) is 1. The Kier molecular flexibility index (Phi) is 9.67. The van der Waals surface area contributed by atoms with Crippen LogP contribution in [0.4, 0.5) is 0 Å². The number of amides is 2. The van der Waals surface area contributed by atoms with Gasteiger partial charge in [-0.25, -0.2) is 0 Å². The van der Waals surface area contributed by atoms with Crippen molar-refractivity contribution in [3.63, 3.8) is 0 Å². The van der Waals surface area contributed by atoms with Crippen LogP contribution in [0.5, 0.6) is 5.75 Å². The molecule has 2 fully saturated rings.